The SMILES string of the molecule is CCCCCCCCC/C=C\CCCC/C=C\CCCCCOP(=O)([O-])OCC[N+](C)(C)C. The monoisotopic (exact) mass is 487 g/mol. The predicted molar refractivity (Wildman–Crippen MR) is 140 cm³/mol. The maximum Gasteiger partial charge on any atom is 0.268 e. The van der Waals surface area contributed by atoms with Gasteiger partial charge in [-0.25, -0.2) is 0 Å². The number of allylic oxidation sites excluding steroid dienone is 4. The summed E-state index contributed by atoms with van der Waals surface area (Å²) >= 11 is 0. The van der Waals surface area contributed by atoms with Crippen LogP contribution in [0, 0.1) is 0 Å². The number of likely N-dealkylation sites (N-methyl/N-ethyl adjacent to an activating group) is 1. The third-order valence-electron chi connectivity index (χ3n) is 5.58. The Kier molecular flexibility index (Phi) is 21.7. The minimum atomic E-state index is -4.15. The number of hydrogen-bond acceptors (Lipinski definition) is 4. The van der Waals surface area contributed by atoms with Crippen LogP contribution in [-0.2, 0) is 13.6 Å². The lowest BCUT2D eigenvalue weighted by Gasteiger charge is -2.27. The molecule has 0 heterocycles. The van der Waals surface area contributed by atoms with Gasteiger partial charge in [-0.15, -0.1) is 0 Å². The van der Waals surface area contributed by atoms with Crippen LogP contribution < -0.4 is 4.89 Å². The van der Waals surface area contributed by atoms with Gasteiger partial charge < -0.3 is 18.4 Å². The molecule has 0 fully saturated rings. The fourth-order valence-electron chi connectivity index (χ4n) is 3.40. The molecule has 0 rings (SSSR count). The van der Waals surface area contributed by atoms with E-state index < -0.39 is 7.82 Å². The van der Waals surface area contributed by atoms with E-state index in [0.717, 1.165) is 32.1 Å². The van der Waals surface area contributed by atoms with Crippen LogP contribution in [0.1, 0.15) is 110 Å². The molecule has 0 aromatic heterocycles. The maximum absolute atomic E-state index is 11.7. The van der Waals surface area contributed by atoms with E-state index in [1.54, 1.807) is 0 Å². The molecule has 0 radical (unpaired) electrons. The first kappa shape index (κ1) is 32.5. The number of quaternary nitrogens is 1. The lowest BCUT2D eigenvalue weighted by molar-refractivity contribution is -0.870. The number of phosphoric ester groups is 1. The van der Waals surface area contributed by atoms with Gasteiger partial charge in [-0.1, -0.05) is 76.2 Å². The van der Waals surface area contributed by atoms with Crippen molar-refractivity contribution in [1.29, 1.82) is 0 Å². The molecule has 0 saturated carbocycles. The molecule has 0 amide bonds. The number of nitrogens with zero attached hydrogens (tertiary/aromatic N) is 1. The van der Waals surface area contributed by atoms with Crippen molar-refractivity contribution in [3.8, 4) is 0 Å². The second kappa shape index (κ2) is 22.0. The quantitative estimate of drug-likeness (QED) is 0.0610. The standard InChI is InChI=1S/C27H54NO4P/c1-5-6-7-8-9-10-11-12-13-14-15-16-17-18-19-20-21-22-23-24-26-31-33(29,30)32-27-25-28(2,3)4/h13-14,19-20H,5-12,15-18,21-27H2,1-4H3/b14-13-,20-19-. The first-order valence-electron chi connectivity index (χ1n) is 13.5. The maximum atomic E-state index is 11.7. The summed E-state index contributed by atoms with van der Waals surface area (Å²) in [5.74, 6) is 0. The van der Waals surface area contributed by atoms with Crippen molar-refractivity contribution in [2.75, 3.05) is 40.9 Å². The van der Waals surface area contributed by atoms with E-state index in [1.165, 1.54) is 70.6 Å². The first-order valence-corrected chi connectivity index (χ1v) is 14.9. The molecule has 0 aromatic rings. The van der Waals surface area contributed by atoms with Crippen LogP contribution >= 0.6 is 7.82 Å². The fourth-order valence-corrected chi connectivity index (χ4v) is 4.13. The Morgan fingerprint density at radius 3 is 1.52 bits per heavy atom. The van der Waals surface area contributed by atoms with E-state index in [4.69, 9.17) is 9.05 Å². The van der Waals surface area contributed by atoms with Gasteiger partial charge in [-0.3, -0.25) is 4.57 Å². The molecule has 0 saturated heterocycles. The molecule has 0 N–H and O–H groups in total. The van der Waals surface area contributed by atoms with Crippen LogP contribution in [0.5, 0.6) is 0 Å². The molecule has 5 nitrogen and oxygen atoms in total. The van der Waals surface area contributed by atoms with Gasteiger partial charge in [0.15, 0.2) is 0 Å². The van der Waals surface area contributed by atoms with Crippen LogP contribution in [-0.4, -0.2) is 45.4 Å². The van der Waals surface area contributed by atoms with Gasteiger partial charge in [0.2, 0.25) is 0 Å². The summed E-state index contributed by atoms with van der Waals surface area (Å²) in [6, 6.07) is 0. The van der Waals surface area contributed by atoms with E-state index in [0.29, 0.717) is 11.0 Å². The highest BCUT2D eigenvalue weighted by Crippen LogP contribution is 2.38. The van der Waals surface area contributed by atoms with Gasteiger partial charge >= 0.3 is 0 Å². The van der Waals surface area contributed by atoms with Crippen molar-refractivity contribution >= 4 is 7.82 Å². The van der Waals surface area contributed by atoms with Gasteiger partial charge in [0, 0.05) is 0 Å². The third kappa shape index (κ3) is 27.7. The van der Waals surface area contributed by atoms with Gasteiger partial charge in [0.25, 0.3) is 7.82 Å². The minimum absolute atomic E-state index is 0.157. The number of unbranched alkanes of at least 4 members (excludes halogenated alkanes) is 13. The lowest BCUT2D eigenvalue weighted by Crippen LogP contribution is -2.37. The van der Waals surface area contributed by atoms with Crippen LogP contribution in [0.25, 0.3) is 0 Å². The molecule has 0 aliphatic carbocycles. The Hall–Kier alpha value is -0.450. The Bertz CT molecular complexity index is 529. The smallest absolute Gasteiger partial charge is 0.268 e. The second-order valence-corrected chi connectivity index (χ2v) is 11.5. The van der Waals surface area contributed by atoms with Crippen molar-refractivity contribution in [2.45, 2.75) is 110 Å². The van der Waals surface area contributed by atoms with Crippen molar-refractivity contribution in [3.63, 3.8) is 0 Å². The van der Waals surface area contributed by atoms with E-state index in [-0.39, 0.29) is 13.2 Å². The van der Waals surface area contributed by atoms with Crippen LogP contribution in [0.15, 0.2) is 24.3 Å². The molecule has 0 aliphatic rings. The number of hydrogen-bond donors (Lipinski definition) is 0. The summed E-state index contributed by atoms with van der Waals surface area (Å²) in [6.07, 6.45) is 28.9. The summed E-state index contributed by atoms with van der Waals surface area (Å²) in [7, 11) is 1.82. The van der Waals surface area contributed by atoms with Crippen LogP contribution in [0.3, 0.4) is 0 Å². The average molecular weight is 488 g/mol. The van der Waals surface area contributed by atoms with Crippen molar-refractivity contribution in [3.05, 3.63) is 24.3 Å². The normalized spacial score (nSPS) is 14.5. The summed E-state index contributed by atoms with van der Waals surface area (Å²) in [4.78, 5) is 11.7. The van der Waals surface area contributed by atoms with Crippen molar-refractivity contribution in [2.24, 2.45) is 0 Å². The minimum Gasteiger partial charge on any atom is -0.756 e. The number of rotatable bonds is 24. The van der Waals surface area contributed by atoms with Crippen LogP contribution in [0.2, 0.25) is 0 Å². The highest BCUT2D eigenvalue weighted by Gasteiger charge is 2.12. The molecular formula is C27H54NO4P. The Morgan fingerprint density at radius 1 is 0.636 bits per heavy atom. The molecule has 1 atom stereocenters. The third-order valence-corrected chi connectivity index (χ3v) is 6.57. The second-order valence-electron chi connectivity index (χ2n) is 10.1. The molecule has 0 spiro atoms. The Labute approximate surface area is 205 Å². The Balaban J connectivity index is 3.39. The molecular weight excluding hydrogens is 433 g/mol. The van der Waals surface area contributed by atoms with Crippen molar-refractivity contribution in [1.82, 2.24) is 0 Å². The molecule has 1 unspecified atom stereocenters. The molecule has 0 aromatic carbocycles. The Morgan fingerprint density at radius 2 is 1.03 bits per heavy atom. The van der Waals surface area contributed by atoms with Gasteiger partial charge in [-0.05, 0) is 57.8 Å². The van der Waals surface area contributed by atoms with Crippen molar-refractivity contribution < 1.29 is 23.0 Å². The summed E-state index contributed by atoms with van der Waals surface area (Å²) in [5, 5.41) is 0. The first-order chi connectivity index (χ1) is 15.8. The average Bonchev–Trinajstić information content (AvgIpc) is 2.73. The summed E-state index contributed by atoms with van der Waals surface area (Å²) in [6.45, 7) is 3.26. The zero-order valence-electron chi connectivity index (χ0n) is 22.3. The molecule has 33 heavy (non-hydrogen) atoms. The number of phosphoric acid groups is 1. The molecule has 0 aliphatic heterocycles. The lowest BCUT2D eigenvalue weighted by atomic mass is 10.1. The summed E-state index contributed by atoms with van der Waals surface area (Å²) < 4.78 is 22.2. The highest BCUT2D eigenvalue weighted by atomic mass is 31.2. The van der Waals surface area contributed by atoms with Gasteiger partial charge in [0.1, 0.15) is 13.2 Å². The van der Waals surface area contributed by atoms with E-state index in [1.807, 2.05) is 21.1 Å². The van der Waals surface area contributed by atoms with Gasteiger partial charge in [-0.2, -0.15) is 0 Å². The largest absolute Gasteiger partial charge is 0.756 e. The molecule has 0 bridgehead atoms. The van der Waals surface area contributed by atoms with Crippen LogP contribution in [0.4, 0.5) is 0 Å². The van der Waals surface area contributed by atoms with E-state index in [2.05, 4.69) is 31.2 Å². The zero-order chi connectivity index (χ0) is 24.7. The van der Waals surface area contributed by atoms with Gasteiger partial charge in [0.05, 0.1) is 27.7 Å². The molecule has 196 valence electrons. The molecule has 6 heteroatoms. The van der Waals surface area contributed by atoms with E-state index >= 15 is 0 Å². The highest BCUT2D eigenvalue weighted by molar-refractivity contribution is 7.45. The van der Waals surface area contributed by atoms with E-state index in [9.17, 15) is 9.46 Å². The fraction of sp³-hybridized carbons (Fsp3) is 0.852. The zero-order valence-corrected chi connectivity index (χ0v) is 23.2. The predicted octanol–water partition coefficient (Wildman–Crippen LogP) is 7.57. The topological polar surface area (TPSA) is 58.6 Å². The summed E-state index contributed by atoms with van der Waals surface area (Å²) in [5.41, 5.74) is 0.